The summed E-state index contributed by atoms with van der Waals surface area (Å²) < 4.78 is 51.1. The van der Waals surface area contributed by atoms with Crippen LogP contribution in [0.3, 0.4) is 0 Å². The van der Waals surface area contributed by atoms with Crippen molar-refractivity contribution < 1.29 is 22.7 Å². The molecule has 2 aromatic carbocycles. The molecule has 1 unspecified atom stereocenters. The lowest BCUT2D eigenvalue weighted by atomic mass is 10.1. The highest BCUT2D eigenvalue weighted by Crippen LogP contribution is 2.30. The number of alkyl halides is 3. The fourth-order valence-corrected chi connectivity index (χ4v) is 1.85. The summed E-state index contributed by atoms with van der Waals surface area (Å²) >= 11 is 0. The summed E-state index contributed by atoms with van der Waals surface area (Å²) in [6.45, 7) is -0.0950. The minimum Gasteiger partial charge on any atom is -0.387 e. The van der Waals surface area contributed by atoms with Crippen LogP contribution in [0, 0.1) is 5.82 Å². The minimum absolute atomic E-state index is 0.0950. The smallest absolute Gasteiger partial charge is 0.387 e. The number of aliphatic hydroxyl groups is 1. The summed E-state index contributed by atoms with van der Waals surface area (Å²) in [6, 6.07) is 10.3. The monoisotopic (exact) mass is 299 g/mol. The second-order valence-corrected chi connectivity index (χ2v) is 4.50. The molecule has 1 atom stereocenters. The van der Waals surface area contributed by atoms with Gasteiger partial charge in [0.25, 0.3) is 0 Å². The van der Waals surface area contributed by atoms with Crippen LogP contribution in [0.4, 0.5) is 23.2 Å². The third-order valence-corrected chi connectivity index (χ3v) is 2.96. The molecule has 0 aliphatic carbocycles. The molecule has 0 spiro atoms. The highest BCUT2D eigenvalue weighted by Gasteiger charge is 2.30. The van der Waals surface area contributed by atoms with E-state index in [2.05, 4.69) is 5.32 Å². The average molecular weight is 299 g/mol. The van der Waals surface area contributed by atoms with E-state index in [1.54, 1.807) is 6.07 Å². The van der Waals surface area contributed by atoms with Crippen molar-refractivity contribution >= 4 is 5.69 Å². The number of halogens is 4. The van der Waals surface area contributed by atoms with Crippen molar-refractivity contribution in [2.24, 2.45) is 0 Å². The molecule has 0 aromatic heterocycles. The van der Waals surface area contributed by atoms with E-state index in [0.717, 1.165) is 12.1 Å². The lowest BCUT2D eigenvalue weighted by Crippen LogP contribution is -2.14. The van der Waals surface area contributed by atoms with Crippen LogP contribution in [0.5, 0.6) is 0 Å². The third kappa shape index (κ3) is 3.95. The Morgan fingerprint density at radius 2 is 1.76 bits per heavy atom. The first-order chi connectivity index (χ1) is 9.88. The number of rotatable bonds is 4. The van der Waals surface area contributed by atoms with Crippen LogP contribution in [0.1, 0.15) is 17.2 Å². The normalized spacial score (nSPS) is 13.0. The quantitative estimate of drug-likeness (QED) is 0.837. The maximum atomic E-state index is 13.4. The Hall–Kier alpha value is -2.08. The number of anilines is 1. The zero-order valence-electron chi connectivity index (χ0n) is 10.9. The zero-order chi connectivity index (χ0) is 15.5. The SMILES string of the molecule is OC(CNc1ccccc1F)c1cccc(C(F)(F)F)c1. The molecule has 21 heavy (non-hydrogen) atoms. The first kappa shape index (κ1) is 15.3. The summed E-state index contributed by atoms with van der Waals surface area (Å²) in [4.78, 5) is 0. The number of aliphatic hydroxyl groups excluding tert-OH is 1. The molecule has 2 rings (SSSR count). The second-order valence-electron chi connectivity index (χ2n) is 4.50. The van der Waals surface area contributed by atoms with Crippen LogP contribution in [0.15, 0.2) is 48.5 Å². The van der Waals surface area contributed by atoms with Gasteiger partial charge < -0.3 is 10.4 Å². The summed E-state index contributed by atoms with van der Waals surface area (Å²) in [5.41, 5.74) is -0.526. The van der Waals surface area contributed by atoms with Crippen LogP contribution in [0.2, 0.25) is 0 Å². The van der Waals surface area contributed by atoms with Gasteiger partial charge in [-0.15, -0.1) is 0 Å². The number of hydrogen-bond acceptors (Lipinski definition) is 2. The van der Waals surface area contributed by atoms with Gasteiger partial charge in [0.1, 0.15) is 5.82 Å². The Kier molecular flexibility index (Phi) is 4.47. The third-order valence-electron chi connectivity index (χ3n) is 2.96. The van der Waals surface area contributed by atoms with Gasteiger partial charge >= 0.3 is 6.18 Å². The van der Waals surface area contributed by atoms with Crippen LogP contribution in [0.25, 0.3) is 0 Å². The van der Waals surface area contributed by atoms with Crippen LogP contribution in [-0.4, -0.2) is 11.7 Å². The van der Waals surface area contributed by atoms with Crippen LogP contribution >= 0.6 is 0 Å². The average Bonchev–Trinajstić information content (AvgIpc) is 2.45. The predicted molar refractivity (Wildman–Crippen MR) is 71.3 cm³/mol. The molecule has 0 aliphatic heterocycles. The summed E-state index contributed by atoms with van der Waals surface area (Å²) in [7, 11) is 0. The van der Waals surface area contributed by atoms with Gasteiger partial charge in [0, 0.05) is 6.54 Å². The molecular formula is C15H13F4NO. The molecule has 2 N–H and O–H groups in total. The van der Waals surface area contributed by atoms with Crippen molar-refractivity contribution in [3.63, 3.8) is 0 Å². The Balaban J connectivity index is 2.07. The van der Waals surface area contributed by atoms with E-state index < -0.39 is 23.7 Å². The highest BCUT2D eigenvalue weighted by molar-refractivity contribution is 5.44. The number of hydrogen-bond donors (Lipinski definition) is 2. The minimum atomic E-state index is -4.46. The molecule has 2 aromatic rings. The van der Waals surface area contributed by atoms with Gasteiger partial charge in [-0.2, -0.15) is 13.2 Å². The summed E-state index contributed by atoms with van der Waals surface area (Å²) in [5.74, 6) is -0.492. The molecular weight excluding hydrogens is 286 g/mol. The van der Waals surface area contributed by atoms with E-state index in [1.165, 1.54) is 30.3 Å². The molecule has 112 valence electrons. The molecule has 0 fully saturated rings. The zero-order valence-corrected chi connectivity index (χ0v) is 10.9. The maximum absolute atomic E-state index is 13.4. The molecule has 0 amide bonds. The molecule has 6 heteroatoms. The Bertz CT molecular complexity index is 613. The fourth-order valence-electron chi connectivity index (χ4n) is 1.85. The number of para-hydroxylation sites is 1. The van der Waals surface area contributed by atoms with E-state index in [1.807, 2.05) is 0 Å². The van der Waals surface area contributed by atoms with E-state index in [-0.39, 0.29) is 17.8 Å². The topological polar surface area (TPSA) is 32.3 Å². The lowest BCUT2D eigenvalue weighted by molar-refractivity contribution is -0.137. The first-order valence-electron chi connectivity index (χ1n) is 6.21. The first-order valence-corrected chi connectivity index (χ1v) is 6.21. The molecule has 2 nitrogen and oxygen atoms in total. The molecule has 0 bridgehead atoms. The molecule has 0 radical (unpaired) electrons. The van der Waals surface area contributed by atoms with Crippen LogP contribution < -0.4 is 5.32 Å². The van der Waals surface area contributed by atoms with Crippen molar-refractivity contribution in [1.29, 1.82) is 0 Å². The summed E-state index contributed by atoms with van der Waals surface area (Å²) in [6.07, 6.45) is -5.64. The molecule has 0 saturated heterocycles. The van der Waals surface area contributed by atoms with Crippen molar-refractivity contribution in [3.8, 4) is 0 Å². The van der Waals surface area contributed by atoms with E-state index in [9.17, 15) is 22.7 Å². The van der Waals surface area contributed by atoms with Gasteiger partial charge in [0.05, 0.1) is 17.4 Å². The van der Waals surface area contributed by atoms with Gasteiger partial charge in [-0.25, -0.2) is 4.39 Å². The Morgan fingerprint density at radius 3 is 2.43 bits per heavy atom. The van der Waals surface area contributed by atoms with Crippen molar-refractivity contribution in [3.05, 3.63) is 65.5 Å². The number of benzene rings is 2. The van der Waals surface area contributed by atoms with E-state index in [4.69, 9.17) is 0 Å². The maximum Gasteiger partial charge on any atom is 0.416 e. The lowest BCUT2D eigenvalue weighted by Gasteiger charge is -2.15. The number of nitrogens with one attached hydrogen (secondary N) is 1. The van der Waals surface area contributed by atoms with Crippen molar-refractivity contribution in [1.82, 2.24) is 0 Å². The Morgan fingerprint density at radius 1 is 1.05 bits per heavy atom. The highest BCUT2D eigenvalue weighted by atomic mass is 19.4. The predicted octanol–water partition coefficient (Wildman–Crippen LogP) is 3.99. The van der Waals surface area contributed by atoms with Gasteiger partial charge in [-0.1, -0.05) is 24.3 Å². The van der Waals surface area contributed by atoms with Gasteiger partial charge in [-0.05, 0) is 29.8 Å². The van der Waals surface area contributed by atoms with Crippen molar-refractivity contribution in [2.75, 3.05) is 11.9 Å². The van der Waals surface area contributed by atoms with E-state index >= 15 is 0 Å². The fraction of sp³-hybridized carbons (Fsp3) is 0.200. The molecule has 0 saturated carbocycles. The van der Waals surface area contributed by atoms with Crippen LogP contribution in [-0.2, 0) is 6.18 Å². The van der Waals surface area contributed by atoms with Gasteiger partial charge in [0.15, 0.2) is 0 Å². The van der Waals surface area contributed by atoms with Gasteiger partial charge in [-0.3, -0.25) is 0 Å². The standard InChI is InChI=1S/C15H13F4NO/c16-12-6-1-2-7-13(12)20-9-14(21)10-4-3-5-11(8-10)15(17,18)19/h1-8,14,20-21H,9H2. The molecule has 0 aliphatic rings. The Labute approximate surface area is 119 Å². The molecule has 0 heterocycles. The van der Waals surface area contributed by atoms with Gasteiger partial charge in [0.2, 0.25) is 0 Å². The second kappa shape index (κ2) is 6.13. The van der Waals surface area contributed by atoms with E-state index in [0.29, 0.717) is 0 Å². The largest absolute Gasteiger partial charge is 0.416 e. The summed E-state index contributed by atoms with van der Waals surface area (Å²) in [5, 5.41) is 12.6. The van der Waals surface area contributed by atoms with Crippen molar-refractivity contribution in [2.45, 2.75) is 12.3 Å².